The first-order valence-corrected chi connectivity index (χ1v) is 3.68. The molecule has 0 aromatic carbocycles. The van der Waals surface area contributed by atoms with E-state index in [1.165, 1.54) is 12.6 Å². The number of halogens is 3. The first kappa shape index (κ1) is 13.3. The molecule has 0 aromatic rings. The van der Waals surface area contributed by atoms with Crippen molar-refractivity contribution in [1.29, 1.82) is 0 Å². The van der Waals surface area contributed by atoms with E-state index in [4.69, 9.17) is 9.90 Å². The summed E-state index contributed by atoms with van der Waals surface area (Å²) >= 11 is 0. The van der Waals surface area contributed by atoms with E-state index in [1.54, 1.807) is 0 Å². The van der Waals surface area contributed by atoms with Crippen LogP contribution in [-0.2, 0) is 9.59 Å². The molecule has 1 heterocycles. The van der Waals surface area contributed by atoms with Crippen LogP contribution >= 0.6 is 0 Å². The van der Waals surface area contributed by atoms with Crippen LogP contribution in [0.3, 0.4) is 0 Å². The van der Waals surface area contributed by atoms with Crippen molar-refractivity contribution in [3.05, 3.63) is 0 Å². The summed E-state index contributed by atoms with van der Waals surface area (Å²) < 4.78 is 31.7. The summed E-state index contributed by atoms with van der Waals surface area (Å²) in [4.78, 5) is 26.7. The van der Waals surface area contributed by atoms with Crippen molar-refractivity contribution in [1.82, 2.24) is 0 Å². The molecule has 84 valence electrons. The van der Waals surface area contributed by atoms with Crippen LogP contribution in [0.4, 0.5) is 13.2 Å². The van der Waals surface area contributed by atoms with Gasteiger partial charge in [-0.3, -0.25) is 9.79 Å². The second-order valence-corrected chi connectivity index (χ2v) is 2.32. The zero-order valence-electron chi connectivity index (χ0n) is 7.36. The molecule has 1 aliphatic rings. The summed E-state index contributed by atoms with van der Waals surface area (Å²) in [6, 6.07) is 0. The number of carbonyl (C=O) groups is 2. The van der Waals surface area contributed by atoms with Crippen molar-refractivity contribution in [2.45, 2.75) is 12.6 Å². The summed E-state index contributed by atoms with van der Waals surface area (Å²) in [6.45, 7) is 0.582. The molecule has 0 aliphatic carbocycles. The average molecular weight is 224 g/mol. The number of Topliss-reactive ketones (excluding diaryl/α,β-unsaturated/α-hetero) is 1. The van der Waals surface area contributed by atoms with E-state index in [0.717, 1.165) is 0 Å². The molecule has 0 bridgehead atoms. The van der Waals surface area contributed by atoms with E-state index in [-0.39, 0.29) is 5.78 Å². The highest BCUT2D eigenvalue weighted by molar-refractivity contribution is 6.28. The number of hydrogen-bond acceptors (Lipinski definition) is 4. The second-order valence-electron chi connectivity index (χ2n) is 2.32. The van der Waals surface area contributed by atoms with Crippen LogP contribution in [0.5, 0.6) is 0 Å². The van der Waals surface area contributed by atoms with Gasteiger partial charge < -0.3 is 5.11 Å². The first-order chi connectivity index (χ1) is 6.84. The minimum absolute atomic E-state index is 0.0579. The topological polar surface area (TPSA) is 79.1 Å². The van der Waals surface area contributed by atoms with Gasteiger partial charge in [-0.05, 0) is 0 Å². The lowest BCUT2D eigenvalue weighted by Gasteiger charge is -1.93. The number of ketones is 1. The normalized spacial score (nSPS) is 15.3. The number of aliphatic carboxylic acids is 1. The standard InChI is InChI=1S/C5H6N2O.C2HF3O2/c8-5-1-2-6-4-7-3-5;3-2(4,5)1(6)7/h3-4H,1-2H2;(H,6,7). The number of carboxylic acids is 1. The maximum Gasteiger partial charge on any atom is 0.490 e. The van der Waals surface area contributed by atoms with Gasteiger partial charge in [0, 0.05) is 13.0 Å². The molecular formula is C7H7F3N2O3. The Kier molecular flexibility index (Phi) is 5.21. The molecule has 1 rings (SSSR count). The highest BCUT2D eigenvalue weighted by atomic mass is 19.4. The van der Waals surface area contributed by atoms with Crippen LogP contribution in [0.1, 0.15) is 6.42 Å². The van der Waals surface area contributed by atoms with Crippen molar-refractivity contribution in [2.75, 3.05) is 6.54 Å². The highest BCUT2D eigenvalue weighted by Crippen LogP contribution is 2.13. The fourth-order valence-corrected chi connectivity index (χ4v) is 0.461. The largest absolute Gasteiger partial charge is 0.490 e. The van der Waals surface area contributed by atoms with Gasteiger partial charge in [-0.15, -0.1) is 0 Å². The maximum absolute atomic E-state index is 10.6. The highest BCUT2D eigenvalue weighted by Gasteiger charge is 2.38. The maximum atomic E-state index is 10.6. The SMILES string of the molecule is O=C(O)C(F)(F)F.O=C1C=NC=NCC1. The van der Waals surface area contributed by atoms with Gasteiger partial charge in [-0.1, -0.05) is 0 Å². The number of alkyl halides is 3. The monoisotopic (exact) mass is 224 g/mol. The Bertz CT molecular complexity index is 296. The zero-order valence-corrected chi connectivity index (χ0v) is 7.36. The quantitative estimate of drug-likeness (QED) is 0.657. The lowest BCUT2D eigenvalue weighted by atomic mass is 10.3. The first-order valence-electron chi connectivity index (χ1n) is 3.68. The number of nitrogens with zero attached hydrogens (tertiary/aromatic N) is 2. The third-order valence-electron chi connectivity index (χ3n) is 1.10. The molecule has 0 spiro atoms. The number of carbonyl (C=O) groups excluding carboxylic acids is 1. The molecule has 0 saturated heterocycles. The van der Waals surface area contributed by atoms with E-state index in [1.807, 2.05) is 0 Å². The number of hydrogen-bond donors (Lipinski definition) is 1. The van der Waals surface area contributed by atoms with Gasteiger partial charge in [0.25, 0.3) is 0 Å². The van der Waals surface area contributed by atoms with Crippen molar-refractivity contribution in [3.63, 3.8) is 0 Å². The van der Waals surface area contributed by atoms with E-state index in [0.29, 0.717) is 13.0 Å². The Morgan fingerprint density at radius 1 is 1.47 bits per heavy atom. The smallest absolute Gasteiger partial charge is 0.475 e. The summed E-state index contributed by atoms with van der Waals surface area (Å²) in [6.07, 6.45) is -1.87. The number of aliphatic imine (C=N–C) groups is 2. The molecule has 1 N–H and O–H groups in total. The average Bonchev–Trinajstić information content (AvgIpc) is 2.32. The lowest BCUT2D eigenvalue weighted by Crippen LogP contribution is -2.21. The summed E-state index contributed by atoms with van der Waals surface area (Å²) in [5.74, 6) is -2.70. The molecule has 0 unspecified atom stereocenters. The van der Waals surface area contributed by atoms with Crippen LogP contribution in [0.15, 0.2) is 9.98 Å². The molecule has 0 fully saturated rings. The van der Waals surface area contributed by atoms with Crippen LogP contribution in [0, 0.1) is 0 Å². The fourth-order valence-electron chi connectivity index (χ4n) is 0.461. The predicted molar refractivity (Wildman–Crippen MR) is 45.2 cm³/mol. The second kappa shape index (κ2) is 5.89. The minimum atomic E-state index is -5.08. The lowest BCUT2D eigenvalue weighted by molar-refractivity contribution is -0.192. The predicted octanol–water partition coefficient (Wildman–Crippen LogP) is 0.692. The molecule has 0 aromatic heterocycles. The third kappa shape index (κ3) is 7.35. The van der Waals surface area contributed by atoms with Gasteiger partial charge in [0.2, 0.25) is 0 Å². The summed E-state index contributed by atoms with van der Waals surface area (Å²) in [5.41, 5.74) is 0. The van der Waals surface area contributed by atoms with Crippen molar-refractivity contribution < 1.29 is 27.9 Å². The van der Waals surface area contributed by atoms with Gasteiger partial charge in [0.1, 0.15) is 6.34 Å². The molecule has 0 amide bonds. The Hall–Kier alpha value is -1.73. The Morgan fingerprint density at radius 3 is 2.47 bits per heavy atom. The van der Waals surface area contributed by atoms with Crippen LogP contribution < -0.4 is 0 Å². The Balaban J connectivity index is 0.000000265. The van der Waals surface area contributed by atoms with E-state index < -0.39 is 12.1 Å². The Labute approximate surface area is 82.3 Å². The number of rotatable bonds is 0. The van der Waals surface area contributed by atoms with Crippen LogP contribution in [0.25, 0.3) is 0 Å². The van der Waals surface area contributed by atoms with Gasteiger partial charge in [0.05, 0.1) is 6.21 Å². The molecule has 5 nitrogen and oxygen atoms in total. The van der Waals surface area contributed by atoms with Gasteiger partial charge >= 0.3 is 12.1 Å². The summed E-state index contributed by atoms with van der Waals surface area (Å²) in [7, 11) is 0. The minimum Gasteiger partial charge on any atom is -0.475 e. The van der Waals surface area contributed by atoms with Gasteiger partial charge in [0.15, 0.2) is 5.78 Å². The third-order valence-corrected chi connectivity index (χ3v) is 1.10. The molecular weight excluding hydrogens is 217 g/mol. The molecule has 0 radical (unpaired) electrons. The van der Waals surface area contributed by atoms with Crippen LogP contribution in [0.2, 0.25) is 0 Å². The fraction of sp³-hybridized carbons (Fsp3) is 0.429. The Morgan fingerprint density at radius 2 is 2.00 bits per heavy atom. The van der Waals surface area contributed by atoms with E-state index in [9.17, 15) is 18.0 Å². The van der Waals surface area contributed by atoms with Crippen molar-refractivity contribution in [2.24, 2.45) is 9.98 Å². The zero-order chi connectivity index (χ0) is 11.9. The van der Waals surface area contributed by atoms with E-state index in [2.05, 4.69) is 9.98 Å². The van der Waals surface area contributed by atoms with Gasteiger partial charge in [-0.25, -0.2) is 9.79 Å². The molecule has 1 aliphatic heterocycles. The van der Waals surface area contributed by atoms with Crippen LogP contribution in [-0.4, -0.2) is 42.1 Å². The molecule has 0 saturated carbocycles. The molecule has 15 heavy (non-hydrogen) atoms. The summed E-state index contributed by atoms with van der Waals surface area (Å²) in [5, 5.41) is 7.12. The van der Waals surface area contributed by atoms with E-state index >= 15 is 0 Å². The van der Waals surface area contributed by atoms with Crippen molar-refractivity contribution in [3.8, 4) is 0 Å². The molecule has 0 atom stereocenters. The van der Waals surface area contributed by atoms with Crippen molar-refractivity contribution >= 4 is 24.3 Å². The molecule has 8 heteroatoms. The number of carboxylic acid groups (broad SMARTS) is 1. The van der Waals surface area contributed by atoms with Gasteiger partial charge in [-0.2, -0.15) is 13.2 Å².